The maximum absolute atomic E-state index is 13.1. The third-order valence-corrected chi connectivity index (χ3v) is 2.91. The number of aromatic nitrogens is 1. The lowest BCUT2D eigenvalue weighted by molar-refractivity contribution is -0.136. The van der Waals surface area contributed by atoms with Crippen molar-refractivity contribution in [3.8, 4) is 0 Å². The summed E-state index contributed by atoms with van der Waals surface area (Å²) in [5.41, 5.74) is -1.16. The molecule has 0 aliphatic heterocycles. The summed E-state index contributed by atoms with van der Waals surface area (Å²) in [5, 5.41) is 2.70. The van der Waals surface area contributed by atoms with Crippen LogP contribution in [0.2, 0.25) is 0 Å². The number of rotatable bonds is 1. The van der Waals surface area contributed by atoms with Crippen LogP contribution >= 0.6 is 0 Å². The van der Waals surface area contributed by atoms with Crippen LogP contribution < -0.4 is 5.32 Å². The largest absolute Gasteiger partial charge is 0.444 e. The molecule has 1 aromatic carbocycles. The summed E-state index contributed by atoms with van der Waals surface area (Å²) >= 11 is 0. The number of hydrogen-bond acceptors (Lipinski definition) is 3. The Morgan fingerprint density at radius 2 is 1.87 bits per heavy atom. The first-order valence-electron chi connectivity index (χ1n) is 6.95. The highest BCUT2D eigenvalue weighted by Crippen LogP contribution is 2.36. The lowest BCUT2D eigenvalue weighted by Gasteiger charge is -2.20. The molecular weight excluding hydrogens is 309 g/mol. The first kappa shape index (κ1) is 17.1. The molecule has 1 N–H and O–H groups in total. The van der Waals surface area contributed by atoms with E-state index < -0.39 is 23.4 Å². The number of hydrogen-bond donors (Lipinski definition) is 1. The quantitative estimate of drug-likeness (QED) is 0.810. The maximum atomic E-state index is 13.1. The molecule has 0 radical (unpaired) electrons. The Morgan fingerprint density at radius 1 is 1.22 bits per heavy atom. The number of carbonyl (C=O) groups excluding carboxylic acids is 1. The van der Waals surface area contributed by atoms with Gasteiger partial charge in [0, 0.05) is 11.1 Å². The van der Waals surface area contributed by atoms with Crippen LogP contribution in [0.4, 0.5) is 23.7 Å². The van der Waals surface area contributed by atoms with E-state index in [2.05, 4.69) is 10.3 Å². The number of amides is 1. The van der Waals surface area contributed by atoms with Crippen molar-refractivity contribution in [3.05, 3.63) is 35.5 Å². The van der Waals surface area contributed by atoms with Crippen LogP contribution in [0, 0.1) is 6.92 Å². The first-order chi connectivity index (χ1) is 10.5. The Kier molecular flexibility index (Phi) is 4.24. The summed E-state index contributed by atoms with van der Waals surface area (Å²) < 4.78 is 44.5. The van der Waals surface area contributed by atoms with Crippen molar-refractivity contribution in [1.82, 2.24) is 4.98 Å². The second-order valence-corrected chi connectivity index (χ2v) is 6.14. The smallest absolute Gasteiger partial charge is 0.418 e. The van der Waals surface area contributed by atoms with Crippen LogP contribution in [0.5, 0.6) is 0 Å². The van der Waals surface area contributed by atoms with E-state index in [1.165, 1.54) is 18.2 Å². The fraction of sp³-hybridized carbons (Fsp3) is 0.375. The number of para-hydroxylation sites is 1. The Hall–Kier alpha value is -2.31. The molecule has 124 valence electrons. The van der Waals surface area contributed by atoms with Crippen molar-refractivity contribution in [1.29, 1.82) is 0 Å². The van der Waals surface area contributed by atoms with E-state index in [1.807, 2.05) is 0 Å². The SMILES string of the molecule is Cc1cc(NC(=O)OC(C)(C)C)c2cccc(C(F)(F)F)c2n1. The van der Waals surface area contributed by atoms with Crippen LogP contribution in [-0.4, -0.2) is 16.7 Å². The van der Waals surface area contributed by atoms with Crippen molar-refractivity contribution in [2.45, 2.75) is 39.5 Å². The summed E-state index contributed by atoms with van der Waals surface area (Å²) in [4.78, 5) is 15.9. The van der Waals surface area contributed by atoms with Crippen molar-refractivity contribution in [2.75, 3.05) is 5.32 Å². The summed E-state index contributed by atoms with van der Waals surface area (Å²) in [6.07, 6.45) is -5.26. The first-order valence-corrected chi connectivity index (χ1v) is 6.95. The molecule has 4 nitrogen and oxygen atoms in total. The number of carbonyl (C=O) groups is 1. The number of anilines is 1. The van der Waals surface area contributed by atoms with Crippen LogP contribution in [0.25, 0.3) is 10.9 Å². The molecule has 0 fully saturated rings. The molecule has 1 heterocycles. The zero-order valence-corrected chi connectivity index (χ0v) is 13.2. The van der Waals surface area contributed by atoms with Crippen molar-refractivity contribution in [3.63, 3.8) is 0 Å². The summed E-state index contributed by atoms with van der Waals surface area (Å²) in [5.74, 6) is 0. The molecule has 0 aliphatic rings. The van der Waals surface area contributed by atoms with Gasteiger partial charge >= 0.3 is 12.3 Å². The predicted octanol–water partition coefficient (Wildman–Crippen LogP) is 4.91. The summed E-state index contributed by atoms with van der Waals surface area (Å²) in [7, 11) is 0. The minimum Gasteiger partial charge on any atom is -0.444 e. The molecule has 0 bridgehead atoms. The van der Waals surface area contributed by atoms with Gasteiger partial charge in [-0.2, -0.15) is 13.2 Å². The van der Waals surface area contributed by atoms with E-state index in [0.717, 1.165) is 6.07 Å². The number of pyridine rings is 1. The molecule has 1 amide bonds. The molecule has 2 aromatic rings. The molecule has 0 saturated carbocycles. The second kappa shape index (κ2) is 5.72. The standard InChI is InChI=1S/C16H17F3N2O2/c1-9-8-12(21-14(22)23-15(2,3)4)10-6-5-7-11(13(10)20-9)16(17,18)19/h5-8H,1-4H3,(H,20,21,22). The number of aryl methyl sites for hydroxylation is 1. The third kappa shape index (κ3) is 4.12. The minimum absolute atomic E-state index is 0.203. The number of alkyl halides is 3. The van der Waals surface area contributed by atoms with Gasteiger partial charge in [-0.3, -0.25) is 10.3 Å². The van der Waals surface area contributed by atoms with Gasteiger partial charge in [-0.15, -0.1) is 0 Å². The highest BCUT2D eigenvalue weighted by molar-refractivity contribution is 6.00. The van der Waals surface area contributed by atoms with E-state index in [1.54, 1.807) is 27.7 Å². The number of nitrogens with one attached hydrogen (secondary N) is 1. The number of fused-ring (bicyclic) bond motifs is 1. The van der Waals surface area contributed by atoms with E-state index in [4.69, 9.17) is 4.74 Å². The Balaban J connectivity index is 2.51. The van der Waals surface area contributed by atoms with Gasteiger partial charge in [-0.05, 0) is 39.8 Å². The molecule has 0 atom stereocenters. The van der Waals surface area contributed by atoms with E-state index >= 15 is 0 Å². The fourth-order valence-corrected chi connectivity index (χ4v) is 2.12. The van der Waals surface area contributed by atoms with Gasteiger partial charge in [-0.1, -0.05) is 12.1 Å². The van der Waals surface area contributed by atoms with Crippen LogP contribution in [0.3, 0.4) is 0 Å². The van der Waals surface area contributed by atoms with Crippen molar-refractivity contribution >= 4 is 22.7 Å². The lowest BCUT2D eigenvalue weighted by Crippen LogP contribution is -2.27. The van der Waals surface area contributed by atoms with Crippen LogP contribution in [0.1, 0.15) is 32.0 Å². The normalized spacial score (nSPS) is 12.3. The predicted molar refractivity (Wildman–Crippen MR) is 81.3 cm³/mol. The van der Waals surface area contributed by atoms with E-state index in [9.17, 15) is 18.0 Å². The topological polar surface area (TPSA) is 51.2 Å². The van der Waals surface area contributed by atoms with E-state index in [-0.39, 0.29) is 16.6 Å². The molecule has 1 aromatic heterocycles. The highest BCUT2D eigenvalue weighted by atomic mass is 19.4. The van der Waals surface area contributed by atoms with Gasteiger partial charge in [0.25, 0.3) is 0 Å². The minimum atomic E-state index is -4.52. The molecule has 0 spiro atoms. The molecule has 7 heteroatoms. The number of halogens is 3. The average Bonchev–Trinajstić information content (AvgIpc) is 2.34. The number of benzene rings is 1. The van der Waals surface area contributed by atoms with Crippen LogP contribution in [-0.2, 0) is 10.9 Å². The molecule has 0 unspecified atom stereocenters. The molecule has 0 saturated heterocycles. The Bertz CT molecular complexity index is 749. The van der Waals surface area contributed by atoms with Gasteiger partial charge in [-0.25, -0.2) is 4.79 Å². The fourth-order valence-electron chi connectivity index (χ4n) is 2.12. The number of nitrogens with zero attached hydrogens (tertiary/aromatic N) is 1. The van der Waals surface area contributed by atoms with Gasteiger partial charge < -0.3 is 4.74 Å². The summed E-state index contributed by atoms with van der Waals surface area (Å²) in [6.45, 7) is 6.66. The van der Waals surface area contributed by atoms with Gasteiger partial charge in [0.2, 0.25) is 0 Å². The maximum Gasteiger partial charge on any atom is 0.418 e. The Labute approximate surface area is 131 Å². The zero-order chi connectivity index (χ0) is 17.4. The zero-order valence-electron chi connectivity index (χ0n) is 13.2. The van der Waals surface area contributed by atoms with E-state index in [0.29, 0.717) is 5.69 Å². The molecule has 2 rings (SSSR count). The average molecular weight is 326 g/mol. The van der Waals surface area contributed by atoms with Crippen LogP contribution in [0.15, 0.2) is 24.3 Å². The van der Waals surface area contributed by atoms with Gasteiger partial charge in [0.15, 0.2) is 0 Å². The van der Waals surface area contributed by atoms with Gasteiger partial charge in [0.05, 0.1) is 16.8 Å². The molecule has 23 heavy (non-hydrogen) atoms. The lowest BCUT2D eigenvalue weighted by atomic mass is 10.1. The Morgan fingerprint density at radius 3 is 2.43 bits per heavy atom. The number of ether oxygens (including phenoxy) is 1. The summed E-state index contributed by atoms with van der Waals surface area (Å²) in [6, 6.07) is 5.23. The second-order valence-electron chi connectivity index (χ2n) is 6.14. The highest BCUT2D eigenvalue weighted by Gasteiger charge is 2.33. The monoisotopic (exact) mass is 326 g/mol. The molecule has 0 aliphatic carbocycles. The van der Waals surface area contributed by atoms with Gasteiger partial charge in [0.1, 0.15) is 5.60 Å². The third-order valence-electron chi connectivity index (χ3n) is 2.91. The van der Waals surface area contributed by atoms with Crippen molar-refractivity contribution in [2.24, 2.45) is 0 Å². The van der Waals surface area contributed by atoms with Crippen molar-refractivity contribution < 1.29 is 22.7 Å². The molecular formula is C16H17F3N2O2.